The largest absolute Gasteiger partial charge is 0.432 e. The fourth-order valence-electron chi connectivity index (χ4n) is 3.71. The summed E-state index contributed by atoms with van der Waals surface area (Å²) < 4.78 is 58.8. The van der Waals surface area contributed by atoms with E-state index in [9.17, 15) is 22.4 Å². The number of amides is 1. The molecule has 0 aliphatic heterocycles. The molecule has 0 spiro atoms. The van der Waals surface area contributed by atoms with Crippen LogP contribution in [0.4, 0.5) is 17.6 Å². The maximum Gasteiger partial charge on any atom is 0.387 e. The molecule has 0 aromatic carbocycles. The normalized spacial score (nSPS) is 20.9. The Morgan fingerprint density at radius 1 is 1.39 bits per heavy atom. The van der Waals surface area contributed by atoms with E-state index in [4.69, 9.17) is 5.73 Å². The molecular weight excluding hydrogens is 438 g/mol. The summed E-state index contributed by atoms with van der Waals surface area (Å²) in [6.07, 6.45) is 4.31. The molecule has 7 nitrogen and oxygen atoms in total. The van der Waals surface area contributed by atoms with Crippen LogP contribution in [-0.4, -0.2) is 45.1 Å². The molecule has 3 N–H and O–H groups in total. The van der Waals surface area contributed by atoms with Gasteiger partial charge in [-0.3, -0.25) is 4.79 Å². The van der Waals surface area contributed by atoms with E-state index in [1.54, 1.807) is 13.0 Å². The Morgan fingerprint density at radius 3 is 2.87 bits per heavy atom. The Labute approximate surface area is 178 Å². The fourth-order valence-corrected chi connectivity index (χ4v) is 4.64. The van der Waals surface area contributed by atoms with Crippen LogP contribution in [0.25, 0.3) is 16.8 Å². The summed E-state index contributed by atoms with van der Waals surface area (Å²) in [5.41, 5.74) is 7.41. The maximum atomic E-state index is 14.2. The molecule has 1 saturated carbocycles. The van der Waals surface area contributed by atoms with Gasteiger partial charge in [0, 0.05) is 28.5 Å². The van der Waals surface area contributed by atoms with Gasteiger partial charge in [-0.1, -0.05) is 0 Å². The van der Waals surface area contributed by atoms with Crippen LogP contribution in [0.15, 0.2) is 24.7 Å². The number of hydrogen-bond acceptors (Lipinski definition) is 6. The van der Waals surface area contributed by atoms with E-state index in [0.29, 0.717) is 29.6 Å². The molecule has 3 aromatic heterocycles. The summed E-state index contributed by atoms with van der Waals surface area (Å²) in [4.78, 5) is 17.8. The van der Waals surface area contributed by atoms with Gasteiger partial charge in [0.15, 0.2) is 11.4 Å². The molecule has 31 heavy (non-hydrogen) atoms. The molecule has 4 rings (SSSR count). The summed E-state index contributed by atoms with van der Waals surface area (Å²) >= 11 is 1.14. The van der Waals surface area contributed by atoms with Crippen molar-refractivity contribution in [2.75, 3.05) is 0 Å². The van der Waals surface area contributed by atoms with Crippen molar-refractivity contribution in [1.82, 2.24) is 19.9 Å². The molecule has 166 valence electrons. The molecule has 2 atom stereocenters. The SMILES string of the molecule is Cc1sc(C(=O)N[C@@H]2[C@@H](N)CCCC2(F)F)cc1-c1cnn2cc(OC(F)F)cnc12. The first-order chi connectivity index (χ1) is 14.7. The first-order valence-corrected chi connectivity index (χ1v) is 10.3. The third kappa shape index (κ3) is 4.22. The molecule has 1 aliphatic carbocycles. The summed E-state index contributed by atoms with van der Waals surface area (Å²) in [5.74, 6) is -3.84. The van der Waals surface area contributed by atoms with E-state index < -0.39 is 30.5 Å². The zero-order valence-electron chi connectivity index (χ0n) is 16.3. The van der Waals surface area contributed by atoms with Crippen molar-refractivity contribution in [2.45, 2.75) is 50.8 Å². The first-order valence-electron chi connectivity index (χ1n) is 9.49. The van der Waals surface area contributed by atoms with Gasteiger partial charge in [0.1, 0.15) is 6.04 Å². The van der Waals surface area contributed by atoms with E-state index in [1.165, 1.54) is 16.9 Å². The van der Waals surface area contributed by atoms with E-state index >= 15 is 0 Å². The van der Waals surface area contributed by atoms with Gasteiger partial charge < -0.3 is 15.8 Å². The molecule has 0 unspecified atom stereocenters. The van der Waals surface area contributed by atoms with Gasteiger partial charge >= 0.3 is 6.61 Å². The highest BCUT2D eigenvalue weighted by atomic mass is 32.1. The van der Waals surface area contributed by atoms with Crippen LogP contribution < -0.4 is 15.8 Å². The van der Waals surface area contributed by atoms with Gasteiger partial charge in [0.2, 0.25) is 0 Å². The Kier molecular flexibility index (Phi) is 5.60. The molecule has 12 heteroatoms. The number of aryl methyl sites for hydroxylation is 1. The second kappa shape index (κ2) is 8.08. The Hall–Kier alpha value is -2.73. The lowest BCUT2D eigenvalue weighted by atomic mass is 9.87. The van der Waals surface area contributed by atoms with E-state index in [-0.39, 0.29) is 17.0 Å². The number of aromatic nitrogens is 3. The van der Waals surface area contributed by atoms with Crippen LogP contribution in [0.2, 0.25) is 0 Å². The number of ether oxygens (including phenoxy) is 1. The highest BCUT2D eigenvalue weighted by molar-refractivity contribution is 7.14. The molecule has 0 saturated heterocycles. The molecular formula is C19H19F4N5O2S. The monoisotopic (exact) mass is 457 g/mol. The molecule has 3 heterocycles. The summed E-state index contributed by atoms with van der Waals surface area (Å²) in [6.45, 7) is -1.21. The van der Waals surface area contributed by atoms with Crippen molar-refractivity contribution in [3.63, 3.8) is 0 Å². The van der Waals surface area contributed by atoms with Crippen molar-refractivity contribution >= 4 is 22.9 Å². The first kappa shape index (κ1) is 21.5. The zero-order chi connectivity index (χ0) is 22.3. The second-order valence-corrected chi connectivity index (χ2v) is 8.60. The summed E-state index contributed by atoms with van der Waals surface area (Å²) in [6, 6.07) is -0.669. The van der Waals surface area contributed by atoms with Crippen LogP contribution in [-0.2, 0) is 0 Å². The number of nitrogens with zero attached hydrogens (tertiary/aromatic N) is 3. The zero-order valence-corrected chi connectivity index (χ0v) is 17.1. The number of carbonyl (C=O) groups is 1. The fraction of sp³-hybridized carbons (Fsp3) is 0.421. The van der Waals surface area contributed by atoms with Crippen LogP contribution in [0.3, 0.4) is 0 Å². The summed E-state index contributed by atoms with van der Waals surface area (Å²) in [5, 5.41) is 6.49. The topological polar surface area (TPSA) is 94.5 Å². The molecule has 1 aliphatic rings. The van der Waals surface area contributed by atoms with E-state index in [0.717, 1.165) is 22.4 Å². The number of thiophene rings is 1. The minimum absolute atomic E-state index is 0.149. The Balaban J connectivity index is 1.60. The van der Waals surface area contributed by atoms with Gasteiger partial charge in [0.05, 0.1) is 23.5 Å². The van der Waals surface area contributed by atoms with Crippen LogP contribution in [0, 0.1) is 6.92 Å². The third-order valence-electron chi connectivity index (χ3n) is 5.21. The van der Waals surface area contributed by atoms with Gasteiger partial charge in [-0.2, -0.15) is 13.9 Å². The second-order valence-electron chi connectivity index (χ2n) is 7.34. The molecule has 0 radical (unpaired) electrons. The average Bonchev–Trinajstić information content (AvgIpc) is 3.27. The smallest absolute Gasteiger partial charge is 0.387 e. The number of alkyl halides is 4. The van der Waals surface area contributed by atoms with E-state index in [2.05, 4.69) is 20.1 Å². The number of fused-ring (bicyclic) bond motifs is 1. The third-order valence-corrected chi connectivity index (χ3v) is 6.26. The lowest BCUT2D eigenvalue weighted by Crippen LogP contribution is -2.59. The van der Waals surface area contributed by atoms with Gasteiger partial charge in [-0.15, -0.1) is 11.3 Å². The number of halogens is 4. The van der Waals surface area contributed by atoms with Crippen LogP contribution >= 0.6 is 11.3 Å². The minimum atomic E-state index is -3.06. The summed E-state index contributed by atoms with van der Waals surface area (Å²) in [7, 11) is 0. The quantitative estimate of drug-likeness (QED) is 0.571. The highest BCUT2D eigenvalue weighted by Crippen LogP contribution is 2.35. The van der Waals surface area contributed by atoms with Crippen molar-refractivity contribution in [2.24, 2.45) is 5.73 Å². The number of nitrogens with one attached hydrogen (secondary N) is 1. The molecule has 1 fully saturated rings. The number of hydrogen-bond donors (Lipinski definition) is 2. The van der Waals surface area contributed by atoms with Crippen molar-refractivity contribution in [3.05, 3.63) is 34.4 Å². The predicted octanol–water partition coefficient (Wildman–Crippen LogP) is 3.61. The van der Waals surface area contributed by atoms with Gasteiger partial charge in [-0.05, 0) is 25.8 Å². The van der Waals surface area contributed by atoms with Crippen LogP contribution in [0.5, 0.6) is 5.75 Å². The van der Waals surface area contributed by atoms with E-state index in [1.807, 2.05) is 0 Å². The molecule has 3 aromatic rings. The molecule has 0 bridgehead atoms. The highest BCUT2D eigenvalue weighted by Gasteiger charge is 2.46. The number of carbonyl (C=O) groups excluding carboxylic acids is 1. The van der Waals surface area contributed by atoms with Crippen LogP contribution in [0.1, 0.15) is 33.8 Å². The average molecular weight is 457 g/mol. The van der Waals surface area contributed by atoms with Crippen molar-refractivity contribution < 1.29 is 27.1 Å². The number of rotatable bonds is 5. The van der Waals surface area contributed by atoms with Crippen molar-refractivity contribution in [3.8, 4) is 16.9 Å². The minimum Gasteiger partial charge on any atom is -0.432 e. The maximum absolute atomic E-state index is 14.2. The Bertz CT molecular complexity index is 1120. The Morgan fingerprint density at radius 2 is 2.16 bits per heavy atom. The van der Waals surface area contributed by atoms with Gasteiger partial charge in [-0.25, -0.2) is 18.3 Å². The molecule has 1 amide bonds. The predicted molar refractivity (Wildman–Crippen MR) is 106 cm³/mol. The van der Waals surface area contributed by atoms with Gasteiger partial charge in [0.25, 0.3) is 11.8 Å². The number of nitrogens with two attached hydrogens (primary N) is 1. The lowest BCUT2D eigenvalue weighted by molar-refractivity contribution is -0.0674. The lowest BCUT2D eigenvalue weighted by Gasteiger charge is -2.36. The van der Waals surface area contributed by atoms with Crippen molar-refractivity contribution in [1.29, 1.82) is 0 Å². The standard InChI is InChI=1S/C19H19F4N5O2S/c1-9-11(12-7-26-28-8-10(30-18(20)21)6-25-16(12)28)5-14(31-9)17(29)27-15-13(24)3-2-4-19(15,22)23/h5-8,13,15,18H,2-4,24H2,1H3,(H,27,29)/t13-,15+/m0/s1.